The Morgan fingerprint density at radius 1 is 1.11 bits per heavy atom. The fourth-order valence-corrected chi connectivity index (χ4v) is 3.53. The maximum Gasteiger partial charge on any atom is 0.239 e. The molecule has 1 unspecified atom stereocenters. The zero-order chi connectivity index (χ0) is 19.2. The molecule has 28 heavy (non-hydrogen) atoms. The summed E-state index contributed by atoms with van der Waals surface area (Å²) >= 11 is 0. The van der Waals surface area contributed by atoms with Crippen LogP contribution in [-0.2, 0) is 24.2 Å². The highest BCUT2D eigenvalue weighted by Gasteiger charge is 2.21. The number of anilines is 1. The van der Waals surface area contributed by atoms with Crippen molar-refractivity contribution in [3.63, 3.8) is 0 Å². The number of nitrogens with zero attached hydrogens (tertiary/aromatic N) is 4. The molecule has 2 N–H and O–H groups in total. The molecular formula is C21H24N6O. The molecule has 0 spiro atoms. The molecule has 7 nitrogen and oxygen atoms in total. The van der Waals surface area contributed by atoms with E-state index >= 15 is 0 Å². The highest BCUT2D eigenvalue weighted by atomic mass is 16.2. The van der Waals surface area contributed by atoms with Crippen molar-refractivity contribution >= 4 is 11.6 Å². The van der Waals surface area contributed by atoms with Gasteiger partial charge in [0.1, 0.15) is 11.6 Å². The first-order valence-electron chi connectivity index (χ1n) is 9.66. The summed E-state index contributed by atoms with van der Waals surface area (Å²) in [6, 6.07) is 14.2. The molecule has 1 aliphatic heterocycles. The van der Waals surface area contributed by atoms with Gasteiger partial charge in [-0.25, -0.2) is 0 Å². The number of fused-ring (bicyclic) bond motifs is 1. The summed E-state index contributed by atoms with van der Waals surface area (Å²) in [5.74, 6) is 2.00. The summed E-state index contributed by atoms with van der Waals surface area (Å²) in [5.41, 5.74) is 2.07. The average molecular weight is 376 g/mol. The maximum atomic E-state index is 12.3. The van der Waals surface area contributed by atoms with Crippen LogP contribution in [0.25, 0.3) is 0 Å². The van der Waals surface area contributed by atoms with Gasteiger partial charge in [0, 0.05) is 37.8 Å². The Labute approximate surface area is 164 Å². The SMILES string of the molecule is O=C(CNc1cccnc1)NC1CCc2nnc(Cc3ccccc3)n2CC1. The van der Waals surface area contributed by atoms with E-state index in [1.165, 1.54) is 5.56 Å². The van der Waals surface area contributed by atoms with Crippen LogP contribution in [0.15, 0.2) is 54.9 Å². The number of hydrogen-bond acceptors (Lipinski definition) is 5. The largest absolute Gasteiger partial charge is 0.375 e. The first-order valence-corrected chi connectivity index (χ1v) is 9.66. The third-order valence-corrected chi connectivity index (χ3v) is 5.01. The normalized spacial score (nSPS) is 16.1. The van der Waals surface area contributed by atoms with Gasteiger partial charge in [-0.1, -0.05) is 30.3 Å². The summed E-state index contributed by atoms with van der Waals surface area (Å²) in [5, 5.41) is 15.0. The monoisotopic (exact) mass is 376 g/mol. The second-order valence-electron chi connectivity index (χ2n) is 7.03. The van der Waals surface area contributed by atoms with Crippen molar-refractivity contribution in [2.24, 2.45) is 0 Å². The zero-order valence-electron chi connectivity index (χ0n) is 15.7. The van der Waals surface area contributed by atoms with E-state index in [9.17, 15) is 4.79 Å². The lowest BCUT2D eigenvalue weighted by atomic mass is 10.1. The number of benzene rings is 1. The maximum absolute atomic E-state index is 12.3. The Morgan fingerprint density at radius 3 is 2.82 bits per heavy atom. The van der Waals surface area contributed by atoms with Crippen molar-refractivity contribution in [2.45, 2.75) is 38.3 Å². The highest BCUT2D eigenvalue weighted by Crippen LogP contribution is 2.17. The minimum Gasteiger partial charge on any atom is -0.375 e. The van der Waals surface area contributed by atoms with Gasteiger partial charge < -0.3 is 15.2 Å². The number of nitrogens with one attached hydrogen (secondary N) is 2. The van der Waals surface area contributed by atoms with Crippen LogP contribution in [-0.4, -0.2) is 38.2 Å². The summed E-state index contributed by atoms with van der Waals surface area (Å²) in [7, 11) is 0. The van der Waals surface area contributed by atoms with Crippen molar-refractivity contribution in [3.8, 4) is 0 Å². The van der Waals surface area contributed by atoms with Gasteiger partial charge in [-0.15, -0.1) is 10.2 Å². The van der Waals surface area contributed by atoms with E-state index in [1.807, 2.05) is 30.3 Å². The number of aryl methyl sites for hydroxylation is 1. The number of carbonyl (C=O) groups excluding carboxylic acids is 1. The van der Waals surface area contributed by atoms with E-state index in [4.69, 9.17) is 0 Å². The number of hydrogen-bond donors (Lipinski definition) is 2. The van der Waals surface area contributed by atoms with Crippen molar-refractivity contribution in [1.82, 2.24) is 25.1 Å². The molecule has 7 heteroatoms. The predicted molar refractivity (Wildman–Crippen MR) is 107 cm³/mol. The Balaban J connectivity index is 1.31. The number of carbonyl (C=O) groups is 1. The minimum absolute atomic E-state index is 0.00368. The van der Waals surface area contributed by atoms with E-state index in [0.29, 0.717) is 0 Å². The molecular weight excluding hydrogens is 352 g/mol. The molecule has 1 aliphatic rings. The molecule has 1 aromatic carbocycles. The lowest BCUT2D eigenvalue weighted by Gasteiger charge is -2.16. The summed E-state index contributed by atoms with van der Waals surface area (Å²) < 4.78 is 2.22. The Hall–Kier alpha value is -3.22. The van der Waals surface area contributed by atoms with Crippen LogP contribution in [0.2, 0.25) is 0 Å². The molecule has 0 saturated heterocycles. The Bertz CT molecular complexity index is 909. The fraction of sp³-hybridized carbons (Fsp3) is 0.333. The van der Waals surface area contributed by atoms with E-state index < -0.39 is 0 Å². The summed E-state index contributed by atoms with van der Waals surface area (Å²) in [4.78, 5) is 16.3. The third kappa shape index (κ3) is 4.54. The zero-order valence-corrected chi connectivity index (χ0v) is 15.7. The van der Waals surface area contributed by atoms with E-state index in [1.54, 1.807) is 12.4 Å². The molecule has 1 atom stereocenters. The molecule has 144 valence electrons. The lowest BCUT2D eigenvalue weighted by molar-refractivity contribution is -0.120. The smallest absolute Gasteiger partial charge is 0.239 e. The molecule has 4 rings (SSSR count). The van der Waals surface area contributed by atoms with Crippen LogP contribution >= 0.6 is 0 Å². The van der Waals surface area contributed by atoms with Gasteiger partial charge in [0.15, 0.2) is 0 Å². The first-order chi connectivity index (χ1) is 13.8. The summed E-state index contributed by atoms with van der Waals surface area (Å²) in [6.45, 7) is 1.07. The molecule has 3 aromatic rings. The molecule has 1 amide bonds. The Kier molecular flexibility index (Phi) is 5.61. The lowest BCUT2D eigenvalue weighted by Crippen LogP contribution is -2.38. The number of pyridine rings is 1. The second-order valence-corrected chi connectivity index (χ2v) is 7.03. The molecule has 3 heterocycles. The molecule has 0 radical (unpaired) electrons. The molecule has 2 aromatic heterocycles. The highest BCUT2D eigenvalue weighted by molar-refractivity contribution is 5.80. The van der Waals surface area contributed by atoms with E-state index in [-0.39, 0.29) is 18.5 Å². The average Bonchev–Trinajstić information content (AvgIpc) is 2.99. The first kappa shape index (κ1) is 18.2. The quantitative estimate of drug-likeness (QED) is 0.689. The van der Waals surface area contributed by atoms with Crippen LogP contribution < -0.4 is 10.6 Å². The molecule has 0 bridgehead atoms. The van der Waals surface area contributed by atoms with Gasteiger partial charge in [-0.3, -0.25) is 9.78 Å². The van der Waals surface area contributed by atoms with Crippen LogP contribution in [0.1, 0.15) is 30.1 Å². The summed E-state index contributed by atoms with van der Waals surface area (Å²) in [6.07, 6.45) is 6.77. The van der Waals surface area contributed by atoms with Crippen molar-refractivity contribution in [2.75, 3.05) is 11.9 Å². The predicted octanol–water partition coefficient (Wildman–Crippen LogP) is 2.20. The van der Waals surface area contributed by atoms with Gasteiger partial charge in [0.2, 0.25) is 5.91 Å². The van der Waals surface area contributed by atoms with Gasteiger partial charge >= 0.3 is 0 Å². The van der Waals surface area contributed by atoms with Crippen LogP contribution in [0, 0.1) is 0 Å². The number of rotatable bonds is 6. The van der Waals surface area contributed by atoms with Gasteiger partial charge in [0.25, 0.3) is 0 Å². The molecule has 0 aliphatic carbocycles. The van der Waals surface area contributed by atoms with E-state index in [0.717, 1.165) is 49.6 Å². The second kappa shape index (κ2) is 8.65. The third-order valence-electron chi connectivity index (χ3n) is 5.01. The van der Waals surface area contributed by atoms with E-state index in [2.05, 4.69) is 42.5 Å². The standard InChI is InChI=1S/C21H24N6O/c28-21(15-23-18-7-4-11-22-14-18)24-17-8-9-19-25-26-20(27(19)12-10-17)13-16-5-2-1-3-6-16/h1-7,11,14,17,23H,8-10,12-13,15H2,(H,24,28). The van der Waals surface area contributed by atoms with Gasteiger partial charge in [-0.2, -0.15) is 0 Å². The number of aromatic nitrogens is 4. The van der Waals surface area contributed by atoms with Crippen molar-refractivity contribution < 1.29 is 4.79 Å². The number of amides is 1. The molecule has 0 saturated carbocycles. The van der Waals surface area contributed by atoms with Crippen LogP contribution in [0.5, 0.6) is 0 Å². The minimum atomic E-state index is -0.00368. The van der Waals surface area contributed by atoms with Gasteiger partial charge in [0.05, 0.1) is 12.2 Å². The van der Waals surface area contributed by atoms with Crippen LogP contribution in [0.4, 0.5) is 5.69 Å². The van der Waals surface area contributed by atoms with Gasteiger partial charge in [-0.05, 0) is 30.5 Å². The van der Waals surface area contributed by atoms with Crippen molar-refractivity contribution in [3.05, 3.63) is 72.1 Å². The topological polar surface area (TPSA) is 84.7 Å². The molecule has 0 fully saturated rings. The van der Waals surface area contributed by atoms with Crippen molar-refractivity contribution in [1.29, 1.82) is 0 Å². The van der Waals surface area contributed by atoms with Crippen LogP contribution in [0.3, 0.4) is 0 Å². The fourth-order valence-electron chi connectivity index (χ4n) is 3.53. The Morgan fingerprint density at radius 2 is 2.00 bits per heavy atom.